The molecule has 0 atom stereocenters. The second-order valence-corrected chi connectivity index (χ2v) is 6.21. The summed E-state index contributed by atoms with van der Waals surface area (Å²) in [6.45, 7) is 0. The lowest BCUT2D eigenvalue weighted by atomic mass is 10.0. The molecule has 6 nitrogen and oxygen atoms in total. The molecule has 0 unspecified atom stereocenters. The summed E-state index contributed by atoms with van der Waals surface area (Å²) in [5, 5.41) is 2.63. The summed E-state index contributed by atoms with van der Waals surface area (Å²) in [5.74, 6) is -1.20. The maximum absolute atomic E-state index is 13.1. The second kappa shape index (κ2) is 7.03. The Morgan fingerprint density at radius 3 is 2.22 bits per heavy atom. The number of carbonyl (C=O) groups is 2. The van der Waals surface area contributed by atoms with Gasteiger partial charge in [0.1, 0.15) is 22.8 Å². The van der Waals surface area contributed by atoms with Crippen LogP contribution in [0.15, 0.2) is 41.2 Å². The van der Waals surface area contributed by atoms with Crippen LogP contribution in [0.1, 0.15) is 26.5 Å². The molecule has 0 amide bonds. The molecule has 1 aliphatic carbocycles. The van der Waals surface area contributed by atoms with Gasteiger partial charge >= 0.3 is 6.18 Å². The summed E-state index contributed by atoms with van der Waals surface area (Å²) in [6, 6.07) is 2.96. The number of alkyl halides is 3. The smallest absolute Gasteiger partial charge is 0.416 e. The Labute approximate surface area is 155 Å². The van der Waals surface area contributed by atoms with Crippen molar-refractivity contribution in [2.45, 2.75) is 6.18 Å². The van der Waals surface area contributed by atoms with E-state index in [4.69, 9.17) is 4.74 Å². The van der Waals surface area contributed by atoms with Crippen LogP contribution in [0.25, 0.3) is 0 Å². The van der Waals surface area contributed by atoms with Gasteiger partial charge in [0.15, 0.2) is 0 Å². The highest BCUT2D eigenvalue weighted by atomic mass is 32.2. The standard InChI is InChI=1S/C17H12F3N3O3S/c1-26-10-6-8(17(18,19)20)5-9(7-10)23-13-14(24)11-12(22-4-3-21-11)15(25)16(13)27-2/h3-7,23H,1-2H3. The number of anilines is 1. The van der Waals surface area contributed by atoms with Crippen molar-refractivity contribution >= 4 is 29.0 Å². The van der Waals surface area contributed by atoms with Crippen LogP contribution in [0.4, 0.5) is 18.9 Å². The molecule has 0 radical (unpaired) electrons. The van der Waals surface area contributed by atoms with Crippen molar-refractivity contribution in [2.24, 2.45) is 0 Å². The van der Waals surface area contributed by atoms with E-state index in [0.717, 1.165) is 23.9 Å². The molecule has 0 fully saturated rings. The number of carbonyl (C=O) groups excluding carboxylic acids is 2. The molecule has 0 aliphatic heterocycles. The van der Waals surface area contributed by atoms with Gasteiger partial charge in [0, 0.05) is 24.1 Å². The van der Waals surface area contributed by atoms with Gasteiger partial charge in [0.25, 0.3) is 0 Å². The molecule has 1 aromatic heterocycles. The average molecular weight is 395 g/mol. The minimum Gasteiger partial charge on any atom is -0.497 e. The molecule has 0 spiro atoms. The number of benzene rings is 1. The Bertz CT molecular complexity index is 973. The van der Waals surface area contributed by atoms with E-state index in [1.54, 1.807) is 6.26 Å². The third kappa shape index (κ3) is 3.52. The molecule has 1 heterocycles. The van der Waals surface area contributed by atoms with E-state index < -0.39 is 23.3 Å². The zero-order chi connectivity index (χ0) is 19.8. The Balaban J connectivity index is 2.09. The fourth-order valence-corrected chi connectivity index (χ4v) is 3.15. The zero-order valence-corrected chi connectivity index (χ0v) is 14.9. The normalized spacial score (nSPS) is 14.3. The van der Waals surface area contributed by atoms with Crippen molar-refractivity contribution in [1.82, 2.24) is 9.97 Å². The number of thioether (sulfide) groups is 1. The van der Waals surface area contributed by atoms with Gasteiger partial charge in [0.2, 0.25) is 11.6 Å². The van der Waals surface area contributed by atoms with E-state index in [-0.39, 0.29) is 33.4 Å². The molecule has 27 heavy (non-hydrogen) atoms. The molecule has 10 heteroatoms. The summed E-state index contributed by atoms with van der Waals surface area (Å²) < 4.78 is 44.2. The van der Waals surface area contributed by atoms with Crippen molar-refractivity contribution in [3.05, 3.63) is 58.1 Å². The summed E-state index contributed by atoms with van der Waals surface area (Å²) in [6.07, 6.45) is -0.473. The number of nitrogens with zero attached hydrogens (tertiary/aromatic N) is 2. The highest BCUT2D eigenvalue weighted by Crippen LogP contribution is 2.36. The van der Waals surface area contributed by atoms with E-state index in [9.17, 15) is 22.8 Å². The number of aromatic nitrogens is 2. The van der Waals surface area contributed by atoms with E-state index in [1.165, 1.54) is 25.6 Å². The quantitative estimate of drug-likeness (QED) is 0.848. The number of ketones is 2. The number of halogens is 3. The number of ether oxygens (including phenoxy) is 1. The van der Waals surface area contributed by atoms with E-state index in [0.29, 0.717) is 0 Å². The minimum absolute atomic E-state index is 0.0447. The van der Waals surface area contributed by atoms with Gasteiger partial charge in [-0.25, -0.2) is 9.97 Å². The van der Waals surface area contributed by atoms with Crippen LogP contribution in [0.2, 0.25) is 0 Å². The van der Waals surface area contributed by atoms with Gasteiger partial charge in [-0.15, -0.1) is 11.8 Å². The van der Waals surface area contributed by atoms with Gasteiger partial charge in [-0.3, -0.25) is 9.59 Å². The van der Waals surface area contributed by atoms with Crippen molar-refractivity contribution in [3.63, 3.8) is 0 Å². The van der Waals surface area contributed by atoms with Crippen LogP contribution < -0.4 is 10.1 Å². The third-order valence-electron chi connectivity index (χ3n) is 3.73. The molecular weight excluding hydrogens is 383 g/mol. The van der Waals surface area contributed by atoms with Crippen molar-refractivity contribution in [2.75, 3.05) is 18.7 Å². The topological polar surface area (TPSA) is 81.2 Å². The molecule has 3 rings (SSSR count). The molecular formula is C17H12F3N3O3S. The minimum atomic E-state index is -4.61. The van der Waals surface area contributed by atoms with E-state index >= 15 is 0 Å². The summed E-state index contributed by atoms with van der Waals surface area (Å²) in [4.78, 5) is 33.1. The third-order valence-corrected chi connectivity index (χ3v) is 4.53. The number of allylic oxidation sites excluding steroid dienone is 2. The predicted octanol–water partition coefficient (Wildman–Crippen LogP) is 3.57. The van der Waals surface area contributed by atoms with Gasteiger partial charge in [-0.1, -0.05) is 0 Å². The first kappa shape index (κ1) is 18.9. The second-order valence-electron chi connectivity index (χ2n) is 5.39. The van der Waals surface area contributed by atoms with Gasteiger partial charge < -0.3 is 10.1 Å². The number of rotatable bonds is 4. The summed E-state index contributed by atoms with van der Waals surface area (Å²) >= 11 is 0.994. The highest BCUT2D eigenvalue weighted by molar-refractivity contribution is 8.03. The van der Waals surface area contributed by atoms with Crippen molar-refractivity contribution in [3.8, 4) is 5.75 Å². The molecule has 1 aromatic carbocycles. The Kier molecular flexibility index (Phi) is 4.92. The molecule has 0 bridgehead atoms. The monoisotopic (exact) mass is 395 g/mol. The van der Waals surface area contributed by atoms with Crippen LogP contribution in [0.5, 0.6) is 5.75 Å². The maximum atomic E-state index is 13.1. The lowest BCUT2D eigenvalue weighted by Crippen LogP contribution is -2.27. The van der Waals surface area contributed by atoms with Gasteiger partial charge in [-0.05, 0) is 18.4 Å². The average Bonchev–Trinajstić information content (AvgIpc) is 2.65. The van der Waals surface area contributed by atoms with E-state index in [1.807, 2.05) is 0 Å². The summed E-state index contributed by atoms with van der Waals surface area (Å²) in [5.41, 5.74) is -1.38. The first-order valence-electron chi connectivity index (χ1n) is 7.48. The molecule has 1 aliphatic rings. The lowest BCUT2D eigenvalue weighted by Gasteiger charge is -2.20. The van der Waals surface area contributed by atoms with Crippen molar-refractivity contribution in [1.29, 1.82) is 0 Å². The molecule has 140 valence electrons. The number of hydrogen-bond donors (Lipinski definition) is 1. The number of fused-ring (bicyclic) bond motifs is 1. The summed E-state index contributed by atoms with van der Waals surface area (Å²) in [7, 11) is 1.23. The number of Topliss-reactive ketones (excluding diaryl/α,β-unsaturated/α-hetero) is 2. The fraction of sp³-hybridized carbons (Fsp3) is 0.176. The van der Waals surface area contributed by atoms with Crippen LogP contribution in [-0.2, 0) is 6.18 Å². The van der Waals surface area contributed by atoms with Crippen LogP contribution in [0, 0.1) is 0 Å². The molecule has 1 N–H and O–H groups in total. The van der Waals surface area contributed by atoms with E-state index in [2.05, 4.69) is 15.3 Å². The Hall–Kier alpha value is -2.88. The molecule has 2 aromatic rings. The van der Waals surface area contributed by atoms with Crippen LogP contribution in [-0.4, -0.2) is 34.9 Å². The predicted molar refractivity (Wildman–Crippen MR) is 92.9 cm³/mol. The maximum Gasteiger partial charge on any atom is 0.416 e. The number of hydrogen-bond acceptors (Lipinski definition) is 7. The SMILES string of the molecule is COc1cc(NC2=C(SC)C(=O)c3nccnc3C2=O)cc(C(F)(F)F)c1. The lowest BCUT2D eigenvalue weighted by molar-refractivity contribution is -0.137. The fourth-order valence-electron chi connectivity index (χ4n) is 2.52. The van der Waals surface area contributed by atoms with Gasteiger partial charge in [-0.2, -0.15) is 13.2 Å². The van der Waals surface area contributed by atoms with Crippen LogP contribution in [0.3, 0.4) is 0 Å². The van der Waals surface area contributed by atoms with Crippen molar-refractivity contribution < 1.29 is 27.5 Å². The number of methoxy groups -OCH3 is 1. The Morgan fingerprint density at radius 1 is 1.04 bits per heavy atom. The Morgan fingerprint density at radius 2 is 1.67 bits per heavy atom. The number of nitrogens with one attached hydrogen (secondary N) is 1. The first-order chi connectivity index (χ1) is 12.8. The largest absolute Gasteiger partial charge is 0.497 e. The van der Waals surface area contributed by atoms with Crippen LogP contribution >= 0.6 is 11.8 Å². The molecule has 0 saturated heterocycles. The highest BCUT2D eigenvalue weighted by Gasteiger charge is 2.35. The van der Waals surface area contributed by atoms with Gasteiger partial charge in [0.05, 0.1) is 17.6 Å². The molecule has 0 saturated carbocycles. The zero-order valence-electron chi connectivity index (χ0n) is 14.0. The first-order valence-corrected chi connectivity index (χ1v) is 8.70.